The fourth-order valence-electron chi connectivity index (χ4n) is 4.60. The summed E-state index contributed by atoms with van der Waals surface area (Å²) in [5.41, 5.74) is 0.759. The number of carbonyl (C=O) groups excluding carboxylic acids is 3. The number of amides is 1. The first-order chi connectivity index (χ1) is 20.6. The lowest BCUT2D eigenvalue weighted by molar-refractivity contribution is -0.132. The number of aryl methyl sites for hydroxylation is 1. The minimum Gasteiger partial charge on any atom is -0.507 e. The smallest absolute Gasteiger partial charge is 0.350 e. The number of thiazole rings is 1. The van der Waals surface area contributed by atoms with E-state index in [1.165, 1.54) is 27.4 Å². The van der Waals surface area contributed by atoms with Gasteiger partial charge in [0.05, 0.1) is 44.7 Å². The molecule has 0 spiro atoms. The molecular formula is C31H32N2O9S. The van der Waals surface area contributed by atoms with Crippen molar-refractivity contribution in [2.24, 2.45) is 0 Å². The number of ketones is 1. The molecule has 1 fully saturated rings. The molecule has 0 saturated carbocycles. The number of carbonyl (C=O) groups is 3. The topological polar surface area (TPSA) is 134 Å². The van der Waals surface area contributed by atoms with Crippen LogP contribution in [0.4, 0.5) is 5.13 Å². The van der Waals surface area contributed by atoms with E-state index in [2.05, 4.69) is 11.6 Å². The molecule has 43 heavy (non-hydrogen) atoms. The summed E-state index contributed by atoms with van der Waals surface area (Å²) in [7, 11) is 4.32. The van der Waals surface area contributed by atoms with Crippen molar-refractivity contribution in [3.05, 3.63) is 76.3 Å². The number of methoxy groups -OCH3 is 3. The number of ether oxygens (including phenoxy) is 5. The number of benzene rings is 2. The number of rotatable bonds is 11. The number of anilines is 1. The van der Waals surface area contributed by atoms with E-state index < -0.39 is 29.5 Å². The Morgan fingerprint density at radius 2 is 1.72 bits per heavy atom. The molecule has 226 valence electrons. The highest BCUT2D eigenvalue weighted by molar-refractivity contribution is 7.17. The molecule has 11 nitrogen and oxygen atoms in total. The Morgan fingerprint density at radius 3 is 2.26 bits per heavy atom. The van der Waals surface area contributed by atoms with Crippen molar-refractivity contribution in [3.8, 4) is 23.0 Å². The van der Waals surface area contributed by atoms with Gasteiger partial charge in [-0.15, -0.1) is 0 Å². The second-order valence-corrected chi connectivity index (χ2v) is 10.6. The SMILES string of the molecule is C=CCOC(=O)c1sc(N2C(=O)C(=O)/C(=C(/O)c3ccc(OC(C)C)cc3)C2c2cc(OC)c(OC)c(OC)c2)nc1C. The third-order valence-corrected chi connectivity index (χ3v) is 7.59. The maximum Gasteiger partial charge on any atom is 0.350 e. The molecule has 1 unspecified atom stereocenters. The molecule has 2 aromatic carbocycles. The first-order valence-electron chi connectivity index (χ1n) is 13.2. The molecule has 1 atom stereocenters. The summed E-state index contributed by atoms with van der Waals surface area (Å²) in [6.07, 6.45) is 1.37. The lowest BCUT2D eigenvalue weighted by atomic mass is 9.94. The molecular weight excluding hydrogens is 576 g/mol. The first-order valence-corrected chi connectivity index (χ1v) is 14.0. The first kappa shape index (κ1) is 31.1. The Balaban J connectivity index is 1.94. The van der Waals surface area contributed by atoms with Gasteiger partial charge >= 0.3 is 11.9 Å². The van der Waals surface area contributed by atoms with Gasteiger partial charge in [-0.05, 0) is 62.7 Å². The van der Waals surface area contributed by atoms with E-state index in [-0.39, 0.29) is 45.4 Å². The molecule has 1 saturated heterocycles. The van der Waals surface area contributed by atoms with Gasteiger partial charge in [0, 0.05) is 5.56 Å². The van der Waals surface area contributed by atoms with E-state index in [4.69, 9.17) is 23.7 Å². The number of aromatic nitrogens is 1. The van der Waals surface area contributed by atoms with Gasteiger partial charge in [-0.1, -0.05) is 24.0 Å². The summed E-state index contributed by atoms with van der Waals surface area (Å²) in [5, 5.41) is 11.6. The zero-order valence-corrected chi connectivity index (χ0v) is 25.4. The predicted octanol–water partition coefficient (Wildman–Crippen LogP) is 5.23. The Kier molecular flexibility index (Phi) is 9.40. The monoisotopic (exact) mass is 608 g/mol. The zero-order chi connectivity index (χ0) is 31.4. The maximum atomic E-state index is 13.7. The number of aliphatic hydroxyl groups excluding tert-OH is 1. The number of hydrogen-bond donors (Lipinski definition) is 1. The third-order valence-electron chi connectivity index (χ3n) is 6.46. The summed E-state index contributed by atoms with van der Waals surface area (Å²) in [4.78, 5) is 45.7. The summed E-state index contributed by atoms with van der Waals surface area (Å²) < 4.78 is 27.4. The number of nitrogens with zero attached hydrogens (tertiary/aromatic N) is 2. The Morgan fingerprint density at radius 1 is 1.09 bits per heavy atom. The van der Waals surface area contributed by atoms with Gasteiger partial charge in [-0.2, -0.15) is 0 Å². The predicted molar refractivity (Wildman–Crippen MR) is 160 cm³/mol. The molecule has 1 aliphatic rings. The second kappa shape index (κ2) is 13.0. The molecule has 0 aliphatic carbocycles. The van der Waals surface area contributed by atoms with Crippen LogP contribution in [0.25, 0.3) is 5.76 Å². The van der Waals surface area contributed by atoms with Crippen molar-refractivity contribution in [1.29, 1.82) is 0 Å². The van der Waals surface area contributed by atoms with Crippen molar-refractivity contribution in [1.82, 2.24) is 4.98 Å². The summed E-state index contributed by atoms with van der Waals surface area (Å²) in [6.45, 7) is 8.90. The Labute approximate surface area is 252 Å². The third kappa shape index (κ3) is 6.05. The van der Waals surface area contributed by atoms with E-state index in [9.17, 15) is 19.5 Å². The molecule has 12 heteroatoms. The molecule has 1 aromatic heterocycles. The van der Waals surface area contributed by atoms with Gasteiger partial charge < -0.3 is 28.8 Å². The normalized spacial score (nSPS) is 15.9. The average Bonchev–Trinajstić information content (AvgIpc) is 3.50. The molecule has 4 rings (SSSR count). The number of esters is 1. The van der Waals surface area contributed by atoms with Crippen molar-refractivity contribution >= 4 is 39.9 Å². The van der Waals surface area contributed by atoms with Crippen molar-refractivity contribution in [2.75, 3.05) is 32.8 Å². The molecule has 1 amide bonds. The van der Waals surface area contributed by atoms with Gasteiger partial charge in [0.15, 0.2) is 16.6 Å². The fourth-order valence-corrected chi connectivity index (χ4v) is 5.59. The van der Waals surface area contributed by atoms with Crippen LogP contribution in [0.5, 0.6) is 23.0 Å². The van der Waals surface area contributed by atoms with E-state index in [1.54, 1.807) is 43.3 Å². The molecule has 0 bridgehead atoms. The van der Waals surface area contributed by atoms with Crippen LogP contribution >= 0.6 is 11.3 Å². The van der Waals surface area contributed by atoms with Crippen molar-refractivity contribution < 1.29 is 43.2 Å². The van der Waals surface area contributed by atoms with Crippen molar-refractivity contribution in [3.63, 3.8) is 0 Å². The minimum absolute atomic E-state index is 0.0115. The van der Waals surface area contributed by atoms with Crippen LogP contribution in [-0.4, -0.2) is 61.8 Å². The lowest BCUT2D eigenvalue weighted by Crippen LogP contribution is -2.29. The largest absolute Gasteiger partial charge is 0.507 e. The summed E-state index contributed by atoms with van der Waals surface area (Å²) >= 11 is 0.889. The summed E-state index contributed by atoms with van der Waals surface area (Å²) in [6, 6.07) is 8.48. The van der Waals surface area contributed by atoms with E-state index in [0.29, 0.717) is 22.8 Å². The van der Waals surface area contributed by atoms with E-state index in [1.807, 2.05) is 13.8 Å². The number of Topliss-reactive ketones (excluding diaryl/α,β-unsaturated/α-hetero) is 1. The Hall–Kier alpha value is -4.84. The molecule has 1 N–H and O–H groups in total. The van der Waals surface area contributed by atoms with Gasteiger partial charge in [-0.25, -0.2) is 9.78 Å². The number of hydrogen-bond acceptors (Lipinski definition) is 11. The van der Waals surface area contributed by atoms with Gasteiger partial charge in [0.2, 0.25) is 5.75 Å². The van der Waals surface area contributed by atoms with Gasteiger partial charge in [-0.3, -0.25) is 14.5 Å². The van der Waals surface area contributed by atoms with Gasteiger partial charge in [0.1, 0.15) is 23.0 Å². The fraction of sp³-hybridized carbons (Fsp3) is 0.290. The van der Waals surface area contributed by atoms with Gasteiger partial charge in [0.25, 0.3) is 5.78 Å². The van der Waals surface area contributed by atoms with Crippen LogP contribution < -0.4 is 23.8 Å². The molecule has 0 radical (unpaired) electrons. The lowest BCUT2D eigenvalue weighted by Gasteiger charge is -2.24. The van der Waals surface area contributed by atoms with Crippen molar-refractivity contribution in [2.45, 2.75) is 32.9 Å². The Bertz CT molecular complexity index is 1570. The average molecular weight is 609 g/mol. The maximum absolute atomic E-state index is 13.7. The quantitative estimate of drug-likeness (QED) is 0.101. The van der Waals surface area contributed by atoms with Crippen LogP contribution in [0.1, 0.15) is 46.4 Å². The van der Waals surface area contributed by atoms with Crippen LogP contribution in [0.15, 0.2) is 54.6 Å². The van der Waals surface area contributed by atoms with Crippen LogP contribution in [-0.2, 0) is 14.3 Å². The minimum atomic E-state index is -1.18. The molecule has 3 aromatic rings. The van der Waals surface area contributed by atoms with Crippen LogP contribution in [0, 0.1) is 6.92 Å². The zero-order valence-electron chi connectivity index (χ0n) is 24.6. The van der Waals surface area contributed by atoms with Crippen LogP contribution in [0.2, 0.25) is 0 Å². The standard InChI is InChI=1S/C31H32N2O9S/c1-8-13-41-30(37)28-17(4)32-31(43-28)33-24(19-14-21(38-5)27(40-7)22(15-19)39-6)23(26(35)29(33)36)25(34)18-9-11-20(12-10-18)42-16(2)3/h8-12,14-16,24,34H,1,13H2,2-7H3/b25-23+. The highest BCUT2D eigenvalue weighted by Gasteiger charge is 2.49. The number of aliphatic hydroxyl groups is 1. The van der Waals surface area contributed by atoms with E-state index in [0.717, 1.165) is 16.2 Å². The van der Waals surface area contributed by atoms with Crippen LogP contribution in [0.3, 0.4) is 0 Å². The second-order valence-electron chi connectivity index (χ2n) is 9.62. The highest BCUT2D eigenvalue weighted by atomic mass is 32.1. The highest BCUT2D eigenvalue weighted by Crippen LogP contribution is 2.48. The van der Waals surface area contributed by atoms with E-state index >= 15 is 0 Å². The molecule has 2 heterocycles. The molecule has 1 aliphatic heterocycles. The summed E-state index contributed by atoms with van der Waals surface area (Å²) in [5.74, 6) is -1.54.